The van der Waals surface area contributed by atoms with E-state index in [4.69, 9.17) is 0 Å². The highest BCUT2D eigenvalue weighted by Crippen LogP contribution is 2.29. The second-order valence-electron chi connectivity index (χ2n) is 8.03. The van der Waals surface area contributed by atoms with Crippen LogP contribution in [0.25, 0.3) is 0 Å². The molecule has 11 heteroatoms. The van der Waals surface area contributed by atoms with Gasteiger partial charge in [-0.2, -0.15) is 5.10 Å². The van der Waals surface area contributed by atoms with E-state index in [-0.39, 0.29) is 40.8 Å². The van der Waals surface area contributed by atoms with Gasteiger partial charge < -0.3 is 20.8 Å². The van der Waals surface area contributed by atoms with Crippen LogP contribution in [0.2, 0.25) is 0 Å². The van der Waals surface area contributed by atoms with Gasteiger partial charge in [-0.15, -0.1) is 11.8 Å². The SMILES string of the molecule is CC(C)(CO)[C@@H](O)C(=O)NCCSC1=CC(=O)c2n[nH]c(C(=O)Nc3ccccc3)c2C1=O. The van der Waals surface area contributed by atoms with Gasteiger partial charge in [0.05, 0.1) is 17.1 Å². The van der Waals surface area contributed by atoms with Crippen LogP contribution in [-0.4, -0.2) is 68.8 Å². The Morgan fingerprint density at radius 2 is 1.91 bits per heavy atom. The fourth-order valence-corrected chi connectivity index (χ4v) is 3.82. The smallest absolute Gasteiger partial charge is 0.274 e. The summed E-state index contributed by atoms with van der Waals surface area (Å²) >= 11 is 1.04. The summed E-state index contributed by atoms with van der Waals surface area (Å²) in [5.74, 6) is -2.04. The van der Waals surface area contributed by atoms with Crippen molar-refractivity contribution in [3.63, 3.8) is 0 Å². The van der Waals surface area contributed by atoms with Crippen molar-refractivity contribution in [3.8, 4) is 0 Å². The summed E-state index contributed by atoms with van der Waals surface area (Å²) < 4.78 is 0. The number of carbonyl (C=O) groups is 4. The van der Waals surface area contributed by atoms with Crippen LogP contribution in [-0.2, 0) is 4.79 Å². The summed E-state index contributed by atoms with van der Waals surface area (Å²) in [5.41, 5.74) is -0.804. The number of rotatable bonds is 9. The third kappa shape index (κ3) is 5.38. The molecule has 2 aromatic rings. The first kappa shape index (κ1) is 24.4. The second kappa shape index (κ2) is 10.1. The molecule has 0 aliphatic heterocycles. The Hall–Kier alpha value is -3.28. The molecule has 3 rings (SSSR count). The molecule has 0 spiro atoms. The van der Waals surface area contributed by atoms with Crippen molar-refractivity contribution in [2.75, 3.05) is 24.2 Å². The van der Waals surface area contributed by atoms with E-state index in [0.717, 1.165) is 17.8 Å². The number of fused-ring (bicyclic) bond motifs is 1. The normalized spacial score (nSPS) is 14.4. The summed E-state index contributed by atoms with van der Waals surface area (Å²) in [6.07, 6.45) is -0.246. The highest BCUT2D eigenvalue weighted by atomic mass is 32.2. The molecule has 0 unspecified atom stereocenters. The van der Waals surface area contributed by atoms with E-state index >= 15 is 0 Å². The molecule has 33 heavy (non-hydrogen) atoms. The van der Waals surface area contributed by atoms with E-state index in [1.165, 1.54) is 0 Å². The molecule has 1 aliphatic rings. The van der Waals surface area contributed by atoms with E-state index in [9.17, 15) is 29.4 Å². The van der Waals surface area contributed by atoms with Gasteiger partial charge in [0.2, 0.25) is 17.5 Å². The van der Waals surface area contributed by atoms with Gasteiger partial charge >= 0.3 is 0 Å². The van der Waals surface area contributed by atoms with E-state index < -0.39 is 34.9 Å². The van der Waals surface area contributed by atoms with Crippen molar-refractivity contribution in [1.29, 1.82) is 0 Å². The molecule has 0 radical (unpaired) electrons. The molecule has 174 valence electrons. The summed E-state index contributed by atoms with van der Waals surface area (Å²) in [5, 5.41) is 30.8. The first-order chi connectivity index (χ1) is 15.7. The van der Waals surface area contributed by atoms with E-state index in [1.54, 1.807) is 44.2 Å². The number of anilines is 1. The largest absolute Gasteiger partial charge is 0.396 e. The topological polar surface area (TPSA) is 161 Å². The Bertz CT molecular complexity index is 1110. The third-order valence-electron chi connectivity index (χ3n) is 5.03. The third-order valence-corrected chi connectivity index (χ3v) is 6.05. The highest BCUT2D eigenvalue weighted by molar-refractivity contribution is 8.04. The lowest BCUT2D eigenvalue weighted by molar-refractivity contribution is -0.136. The van der Waals surface area contributed by atoms with Gasteiger partial charge in [-0.1, -0.05) is 32.0 Å². The fourth-order valence-electron chi connectivity index (χ4n) is 2.98. The zero-order chi connectivity index (χ0) is 24.2. The lowest BCUT2D eigenvalue weighted by Gasteiger charge is -2.27. The van der Waals surface area contributed by atoms with Crippen molar-refractivity contribution in [2.24, 2.45) is 5.41 Å². The minimum Gasteiger partial charge on any atom is -0.396 e. The number of ketones is 2. The van der Waals surface area contributed by atoms with Gasteiger partial charge in [0.25, 0.3) is 5.91 Å². The summed E-state index contributed by atoms with van der Waals surface area (Å²) in [7, 11) is 0. The average Bonchev–Trinajstić information content (AvgIpc) is 3.26. The van der Waals surface area contributed by atoms with Crippen molar-refractivity contribution >= 4 is 40.8 Å². The fraction of sp³-hybridized carbons (Fsp3) is 0.318. The predicted molar refractivity (Wildman–Crippen MR) is 122 cm³/mol. The quantitative estimate of drug-likeness (QED) is 0.340. The zero-order valence-corrected chi connectivity index (χ0v) is 18.9. The van der Waals surface area contributed by atoms with E-state index in [2.05, 4.69) is 20.8 Å². The monoisotopic (exact) mass is 472 g/mol. The minimum absolute atomic E-state index is 0.0948. The number of para-hydroxylation sites is 1. The van der Waals surface area contributed by atoms with Crippen LogP contribution in [0.5, 0.6) is 0 Å². The molecular weight excluding hydrogens is 448 g/mol. The van der Waals surface area contributed by atoms with E-state index in [0.29, 0.717) is 5.69 Å². The van der Waals surface area contributed by atoms with Crippen molar-refractivity contribution in [2.45, 2.75) is 20.0 Å². The molecule has 0 fully saturated rings. The van der Waals surface area contributed by atoms with Crippen molar-refractivity contribution in [1.82, 2.24) is 15.5 Å². The molecule has 0 bridgehead atoms. The highest BCUT2D eigenvalue weighted by Gasteiger charge is 2.35. The number of amides is 2. The minimum atomic E-state index is -1.40. The second-order valence-corrected chi connectivity index (χ2v) is 9.17. The Balaban J connectivity index is 1.63. The van der Waals surface area contributed by atoms with E-state index in [1.807, 2.05) is 0 Å². The number of hydrogen-bond donors (Lipinski definition) is 5. The average molecular weight is 473 g/mol. The molecule has 1 heterocycles. The molecular formula is C22H24N4O6S. The van der Waals surface area contributed by atoms with Gasteiger partial charge in [-0.25, -0.2) is 0 Å². The van der Waals surface area contributed by atoms with Gasteiger partial charge in [-0.3, -0.25) is 24.3 Å². The van der Waals surface area contributed by atoms with Crippen LogP contribution >= 0.6 is 11.8 Å². The summed E-state index contributed by atoms with van der Waals surface area (Å²) in [6.45, 7) is 2.85. The number of benzene rings is 1. The predicted octanol–water partition coefficient (Wildman–Crippen LogP) is 1.15. The maximum Gasteiger partial charge on any atom is 0.274 e. The number of thioether (sulfide) groups is 1. The molecule has 0 saturated carbocycles. The van der Waals surface area contributed by atoms with Crippen LogP contribution in [0.3, 0.4) is 0 Å². The lowest BCUT2D eigenvalue weighted by atomic mass is 9.87. The number of carbonyl (C=O) groups excluding carboxylic acids is 4. The maximum absolute atomic E-state index is 13.0. The number of hydrogen-bond acceptors (Lipinski definition) is 8. The Kier molecular flexibility index (Phi) is 7.46. The zero-order valence-electron chi connectivity index (χ0n) is 18.0. The number of H-pyrrole nitrogens is 1. The Morgan fingerprint density at radius 3 is 2.58 bits per heavy atom. The van der Waals surface area contributed by atoms with Crippen LogP contribution in [0.1, 0.15) is 45.2 Å². The van der Waals surface area contributed by atoms with Gasteiger partial charge in [0, 0.05) is 29.5 Å². The van der Waals surface area contributed by atoms with Crippen LogP contribution in [0, 0.1) is 5.41 Å². The number of aromatic nitrogens is 2. The first-order valence-corrected chi connectivity index (χ1v) is 11.1. The van der Waals surface area contributed by atoms with Crippen molar-refractivity contribution in [3.05, 3.63) is 58.3 Å². The van der Waals surface area contributed by atoms with Crippen LogP contribution < -0.4 is 10.6 Å². The number of aliphatic hydroxyl groups excluding tert-OH is 2. The van der Waals surface area contributed by atoms with Crippen LogP contribution in [0.4, 0.5) is 5.69 Å². The number of allylic oxidation sites excluding steroid dienone is 2. The number of nitrogens with zero attached hydrogens (tertiary/aromatic N) is 1. The number of aliphatic hydroxyl groups is 2. The summed E-state index contributed by atoms with van der Waals surface area (Å²) in [4.78, 5) is 50.2. The number of aromatic amines is 1. The molecule has 1 aromatic carbocycles. The Labute approximate surface area is 193 Å². The summed E-state index contributed by atoms with van der Waals surface area (Å²) in [6, 6.07) is 8.64. The van der Waals surface area contributed by atoms with Gasteiger partial charge in [-0.05, 0) is 12.1 Å². The number of nitrogens with one attached hydrogen (secondary N) is 3. The maximum atomic E-state index is 13.0. The van der Waals surface area contributed by atoms with Crippen LogP contribution in [0.15, 0.2) is 41.3 Å². The molecule has 1 aromatic heterocycles. The molecule has 10 nitrogen and oxygen atoms in total. The van der Waals surface area contributed by atoms with Crippen molar-refractivity contribution < 1.29 is 29.4 Å². The molecule has 0 saturated heterocycles. The Morgan fingerprint density at radius 1 is 1.21 bits per heavy atom. The van der Waals surface area contributed by atoms with Gasteiger partial charge in [0.1, 0.15) is 17.5 Å². The number of Topliss-reactive ketones (excluding diaryl/α,β-unsaturated/α-hetero) is 1. The lowest BCUT2D eigenvalue weighted by Crippen LogP contribution is -2.46. The standard InChI is InChI=1S/C22H24N4O6S/c1-22(2,11-27)19(30)21(32)23-8-9-33-14-10-13(28)16-15(18(14)29)17(26-25-16)20(31)24-12-6-4-3-5-7-12/h3-7,10,19,27,30H,8-9,11H2,1-2H3,(H,23,32)(H,24,31)(H,25,26)/t19-/m0/s1. The van der Waals surface area contributed by atoms with Gasteiger partial charge in [0.15, 0.2) is 0 Å². The molecule has 1 atom stereocenters. The first-order valence-electron chi connectivity index (χ1n) is 10.1. The molecule has 2 amide bonds. The molecule has 5 N–H and O–H groups in total. The molecule has 1 aliphatic carbocycles.